The van der Waals surface area contributed by atoms with Gasteiger partial charge in [0.05, 0.1) is 17.4 Å². The first-order chi connectivity index (χ1) is 13.2. The molecule has 142 valence electrons. The minimum Gasteiger partial charge on any atom is -0.333 e. The van der Waals surface area contributed by atoms with Crippen molar-refractivity contribution in [2.45, 2.75) is 44.9 Å². The molecule has 3 aromatic heterocycles. The molecule has 2 N–H and O–H groups in total. The van der Waals surface area contributed by atoms with E-state index >= 15 is 0 Å². The number of hydrogen-bond acceptors (Lipinski definition) is 5. The minimum atomic E-state index is 0.625. The van der Waals surface area contributed by atoms with Gasteiger partial charge in [-0.05, 0) is 44.5 Å². The first-order valence-electron chi connectivity index (χ1n) is 9.55. The average Bonchev–Trinajstić information content (AvgIpc) is 3.36. The molecule has 6 nitrogen and oxygen atoms in total. The zero-order valence-electron chi connectivity index (χ0n) is 16.1. The van der Waals surface area contributed by atoms with Gasteiger partial charge in [-0.3, -0.25) is 4.68 Å². The summed E-state index contributed by atoms with van der Waals surface area (Å²) in [5.41, 5.74) is 9.12. The van der Waals surface area contributed by atoms with Crippen LogP contribution in [0.4, 0.5) is 0 Å². The van der Waals surface area contributed by atoms with Crippen LogP contribution in [-0.2, 0) is 7.05 Å². The van der Waals surface area contributed by atoms with E-state index < -0.39 is 0 Å². The van der Waals surface area contributed by atoms with E-state index in [0.717, 1.165) is 26.4 Å². The molecule has 1 aliphatic rings. The van der Waals surface area contributed by atoms with Crippen LogP contribution >= 0.6 is 11.3 Å². The number of aromatic nitrogens is 5. The summed E-state index contributed by atoms with van der Waals surface area (Å²) >= 11 is 1.67. The van der Waals surface area contributed by atoms with E-state index in [-0.39, 0.29) is 0 Å². The molecule has 1 aromatic carbocycles. The van der Waals surface area contributed by atoms with Gasteiger partial charge in [0, 0.05) is 30.1 Å². The number of hydrogen-bond donors (Lipinski definition) is 1. The minimum absolute atomic E-state index is 0.625. The molecule has 1 saturated carbocycles. The van der Waals surface area contributed by atoms with Crippen molar-refractivity contribution in [1.29, 1.82) is 0 Å². The molecule has 5 rings (SSSR count). The summed E-state index contributed by atoms with van der Waals surface area (Å²) < 4.78 is 3.83. The molecule has 0 amide bonds. The van der Waals surface area contributed by atoms with Crippen LogP contribution in [0.15, 0.2) is 24.5 Å². The maximum absolute atomic E-state index is 4.87. The van der Waals surface area contributed by atoms with Crippen molar-refractivity contribution in [3.8, 4) is 10.6 Å². The molecule has 0 aliphatic heterocycles. The molecule has 27 heavy (non-hydrogen) atoms. The fourth-order valence-electron chi connectivity index (χ4n) is 3.98. The maximum Gasteiger partial charge on any atom is 0.212 e. The quantitative estimate of drug-likeness (QED) is 0.562. The molecule has 4 aromatic rings. The van der Waals surface area contributed by atoms with Gasteiger partial charge >= 0.3 is 0 Å². The second-order valence-electron chi connectivity index (χ2n) is 7.17. The number of fused-ring (bicyclic) bond motifs is 2. The van der Waals surface area contributed by atoms with Crippen molar-refractivity contribution >= 4 is 27.2 Å². The molecule has 1 aliphatic carbocycles. The van der Waals surface area contributed by atoms with Crippen molar-refractivity contribution < 1.29 is 0 Å². The largest absolute Gasteiger partial charge is 0.333 e. The SMILES string of the molecule is CN.Cc1cc(-c2nn3cc(C4CCCCC4)nc3s2)cc2cn(C)nc12. The third-order valence-corrected chi connectivity index (χ3v) is 6.22. The summed E-state index contributed by atoms with van der Waals surface area (Å²) in [7, 11) is 3.46. The Labute approximate surface area is 163 Å². The molecule has 0 radical (unpaired) electrons. The van der Waals surface area contributed by atoms with Crippen molar-refractivity contribution in [3.63, 3.8) is 0 Å². The second kappa shape index (κ2) is 7.40. The van der Waals surface area contributed by atoms with E-state index in [9.17, 15) is 0 Å². The number of benzene rings is 1. The fraction of sp³-hybridized carbons (Fsp3) is 0.450. The first-order valence-corrected chi connectivity index (χ1v) is 10.4. The Bertz CT molecular complexity index is 1040. The number of nitrogens with zero attached hydrogens (tertiary/aromatic N) is 5. The zero-order chi connectivity index (χ0) is 19.0. The van der Waals surface area contributed by atoms with Gasteiger partial charge in [-0.2, -0.15) is 10.2 Å². The molecular formula is C20H26N6S. The fourth-order valence-corrected chi connectivity index (χ4v) is 4.86. The number of rotatable bonds is 2. The lowest BCUT2D eigenvalue weighted by Crippen LogP contribution is -2.04. The number of aryl methyl sites for hydroxylation is 2. The predicted molar refractivity (Wildman–Crippen MR) is 111 cm³/mol. The average molecular weight is 383 g/mol. The molecule has 0 unspecified atom stereocenters. The molecule has 0 bridgehead atoms. The van der Waals surface area contributed by atoms with Gasteiger partial charge in [0.1, 0.15) is 5.01 Å². The van der Waals surface area contributed by atoms with E-state index in [4.69, 9.17) is 10.1 Å². The van der Waals surface area contributed by atoms with E-state index in [0.29, 0.717) is 5.92 Å². The lowest BCUT2D eigenvalue weighted by molar-refractivity contribution is 0.438. The highest BCUT2D eigenvalue weighted by molar-refractivity contribution is 7.19. The highest BCUT2D eigenvalue weighted by Crippen LogP contribution is 2.34. The molecule has 0 spiro atoms. The van der Waals surface area contributed by atoms with Gasteiger partial charge in [0.2, 0.25) is 4.96 Å². The van der Waals surface area contributed by atoms with Crippen LogP contribution < -0.4 is 5.73 Å². The standard InChI is InChI=1S/C19H21N5S.CH5N/c1-12-8-14(9-15-10-23(2)21-17(12)15)18-22-24-11-16(20-19(24)25-18)13-6-4-3-5-7-13;1-2/h8-11,13H,3-7H2,1-2H3;2H2,1H3. The molecule has 7 heteroatoms. The summed E-state index contributed by atoms with van der Waals surface area (Å²) in [5, 5.41) is 11.5. The van der Waals surface area contributed by atoms with Crippen molar-refractivity contribution in [2.75, 3.05) is 7.05 Å². The topological polar surface area (TPSA) is 74.0 Å². The third-order valence-electron chi connectivity index (χ3n) is 5.25. The van der Waals surface area contributed by atoms with Crippen LogP contribution in [0.5, 0.6) is 0 Å². The highest BCUT2D eigenvalue weighted by Gasteiger charge is 2.20. The normalized spacial score (nSPS) is 15.3. The van der Waals surface area contributed by atoms with Gasteiger partial charge < -0.3 is 5.73 Å². The summed E-state index contributed by atoms with van der Waals surface area (Å²) in [4.78, 5) is 5.87. The molecule has 0 saturated heterocycles. The predicted octanol–water partition coefficient (Wildman–Crippen LogP) is 4.28. The second-order valence-corrected chi connectivity index (χ2v) is 8.12. The van der Waals surface area contributed by atoms with Gasteiger partial charge in [-0.25, -0.2) is 9.50 Å². The van der Waals surface area contributed by atoms with E-state index in [1.807, 2.05) is 16.2 Å². The summed E-state index contributed by atoms with van der Waals surface area (Å²) in [6.07, 6.45) is 10.8. The Morgan fingerprint density at radius 2 is 1.85 bits per heavy atom. The summed E-state index contributed by atoms with van der Waals surface area (Å²) in [5.74, 6) is 0.625. The van der Waals surface area contributed by atoms with Crippen molar-refractivity contribution in [1.82, 2.24) is 24.4 Å². The van der Waals surface area contributed by atoms with Crippen LogP contribution in [0.2, 0.25) is 0 Å². The smallest absolute Gasteiger partial charge is 0.212 e. The Kier molecular flexibility index (Phi) is 4.97. The lowest BCUT2D eigenvalue weighted by Gasteiger charge is -2.19. The van der Waals surface area contributed by atoms with Gasteiger partial charge in [0.15, 0.2) is 0 Å². The summed E-state index contributed by atoms with van der Waals surface area (Å²) in [6, 6.07) is 4.35. The number of imidazole rings is 1. The van der Waals surface area contributed by atoms with Crippen LogP contribution in [0.3, 0.4) is 0 Å². The van der Waals surface area contributed by atoms with E-state index in [2.05, 4.69) is 42.3 Å². The number of nitrogens with two attached hydrogens (primary N) is 1. The van der Waals surface area contributed by atoms with Crippen LogP contribution in [0.1, 0.15) is 49.3 Å². The van der Waals surface area contributed by atoms with Crippen LogP contribution in [0.25, 0.3) is 26.4 Å². The van der Waals surface area contributed by atoms with Gasteiger partial charge in [0.25, 0.3) is 0 Å². The highest BCUT2D eigenvalue weighted by atomic mass is 32.1. The lowest BCUT2D eigenvalue weighted by atomic mass is 9.87. The Morgan fingerprint density at radius 1 is 1.07 bits per heavy atom. The van der Waals surface area contributed by atoms with Crippen molar-refractivity contribution in [3.05, 3.63) is 35.8 Å². The summed E-state index contributed by atoms with van der Waals surface area (Å²) in [6.45, 7) is 2.11. The van der Waals surface area contributed by atoms with Crippen LogP contribution in [0, 0.1) is 6.92 Å². The zero-order valence-corrected chi connectivity index (χ0v) is 17.0. The monoisotopic (exact) mass is 382 g/mol. The van der Waals surface area contributed by atoms with Crippen molar-refractivity contribution in [2.24, 2.45) is 12.8 Å². The van der Waals surface area contributed by atoms with E-state index in [1.54, 1.807) is 11.3 Å². The Morgan fingerprint density at radius 3 is 2.59 bits per heavy atom. The Hall–Kier alpha value is -2.25. The Balaban J connectivity index is 0.000000872. The van der Waals surface area contributed by atoms with Gasteiger partial charge in [-0.15, -0.1) is 0 Å². The molecular weight excluding hydrogens is 356 g/mol. The van der Waals surface area contributed by atoms with Crippen LogP contribution in [-0.4, -0.2) is 31.4 Å². The molecule has 0 atom stereocenters. The maximum atomic E-state index is 4.87. The molecule has 3 heterocycles. The first kappa shape index (κ1) is 18.1. The molecule has 1 fully saturated rings. The van der Waals surface area contributed by atoms with Gasteiger partial charge in [-0.1, -0.05) is 30.6 Å². The third kappa shape index (κ3) is 3.37. The van der Waals surface area contributed by atoms with E-state index in [1.165, 1.54) is 50.4 Å².